The molecule has 2 aromatic rings. The minimum Gasteiger partial charge on any atom is -0.370 e. The lowest BCUT2D eigenvalue weighted by atomic mass is 10.1. The van der Waals surface area contributed by atoms with Gasteiger partial charge in [-0.3, -0.25) is 0 Å². The van der Waals surface area contributed by atoms with Gasteiger partial charge in [0.05, 0.1) is 0 Å². The largest absolute Gasteiger partial charge is 0.370 e. The molecule has 3 rings (SSSR count). The van der Waals surface area contributed by atoms with E-state index < -0.39 is 0 Å². The highest BCUT2D eigenvalue weighted by molar-refractivity contribution is 5.40. The van der Waals surface area contributed by atoms with Gasteiger partial charge < -0.3 is 10.6 Å². The molecule has 2 N–H and O–H groups in total. The van der Waals surface area contributed by atoms with Gasteiger partial charge in [-0.15, -0.1) is 0 Å². The summed E-state index contributed by atoms with van der Waals surface area (Å²) in [6, 6.07) is 8.97. The van der Waals surface area contributed by atoms with Gasteiger partial charge in [-0.25, -0.2) is 9.37 Å². The Kier molecular flexibility index (Phi) is 4.83. The lowest BCUT2D eigenvalue weighted by molar-refractivity contribution is 0.627. The first-order chi connectivity index (χ1) is 10.8. The highest BCUT2D eigenvalue weighted by Crippen LogP contribution is 2.21. The molecule has 1 heterocycles. The molecule has 1 aliphatic rings. The van der Waals surface area contributed by atoms with Gasteiger partial charge >= 0.3 is 0 Å². The lowest BCUT2D eigenvalue weighted by Crippen LogP contribution is -2.17. The molecule has 0 amide bonds. The minimum atomic E-state index is -0.199. The Morgan fingerprint density at radius 3 is 2.64 bits per heavy atom. The Morgan fingerprint density at radius 2 is 1.86 bits per heavy atom. The first-order valence-electron chi connectivity index (χ1n) is 7.87. The zero-order chi connectivity index (χ0) is 15.2. The van der Waals surface area contributed by atoms with Crippen LogP contribution in [0.25, 0.3) is 0 Å². The van der Waals surface area contributed by atoms with Crippen LogP contribution in [0.5, 0.6) is 0 Å². The molecule has 0 unspecified atom stereocenters. The first-order valence-corrected chi connectivity index (χ1v) is 7.87. The molecule has 0 atom stereocenters. The van der Waals surface area contributed by atoms with Crippen molar-refractivity contribution < 1.29 is 4.39 Å². The molecule has 0 aliphatic heterocycles. The Labute approximate surface area is 130 Å². The summed E-state index contributed by atoms with van der Waals surface area (Å²) in [5.41, 5.74) is 1.10. The summed E-state index contributed by atoms with van der Waals surface area (Å²) in [4.78, 5) is 8.76. The first kappa shape index (κ1) is 14.8. The van der Waals surface area contributed by atoms with Gasteiger partial charge in [0.25, 0.3) is 0 Å². The van der Waals surface area contributed by atoms with Crippen molar-refractivity contribution in [2.75, 3.05) is 17.2 Å². The molecule has 1 aromatic heterocycles. The fraction of sp³-hybridized carbons (Fsp3) is 0.412. The Balaban J connectivity index is 1.50. The number of hydrogen-bond donors (Lipinski definition) is 2. The monoisotopic (exact) mass is 300 g/mol. The third-order valence-electron chi connectivity index (χ3n) is 3.98. The van der Waals surface area contributed by atoms with E-state index in [2.05, 4.69) is 20.6 Å². The zero-order valence-corrected chi connectivity index (χ0v) is 12.6. The van der Waals surface area contributed by atoms with Crippen molar-refractivity contribution in [3.8, 4) is 0 Å². The fourth-order valence-electron chi connectivity index (χ4n) is 2.77. The molecular formula is C17H21FN4. The minimum absolute atomic E-state index is 0.199. The average Bonchev–Trinajstić information content (AvgIpc) is 3.03. The number of nitrogens with zero attached hydrogens (tertiary/aromatic N) is 2. The predicted octanol–water partition coefficient (Wildman–Crippen LogP) is 3.62. The highest BCUT2D eigenvalue weighted by Gasteiger charge is 2.15. The molecule has 1 aliphatic carbocycles. The van der Waals surface area contributed by atoms with E-state index in [1.807, 2.05) is 18.2 Å². The van der Waals surface area contributed by atoms with E-state index in [4.69, 9.17) is 0 Å². The molecular weight excluding hydrogens is 279 g/mol. The normalized spacial score (nSPS) is 15.0. The van der Waals surface area contributed by atoms with Gasteiger partial charge in [-0.1, -0.05) is 25.0 Å². The number of rotatable bonds is 6. The maximum atomic E-state index is 12.8. The van der Waals surface area contributed by atoms with E-state index in [1.165, 1.54) is 37.8 Å². The van der Waals surface area contributed by atoms with E-state index in [0.29, 0.717) is 12.0 Å². The standard InChI is InChI=1S/C17H21FN4/c18-14-7-5-13(6-8-14)9-11-19-16-10-12-20-17(22-16)21-15-3-1-2-4-15/h5-8,10,12,15H,1-4,9,11H2,(H2,19,20,21,22). The number of anilines is 2. The summed E-state index contributed by atoms with van der Waals surface area (Å²) < 4.78 is 12.8. The Morgan fingerprint density at radius 1 is 1.09 bits per heavy atom. The SMILES string of the molecule is Fc1ccc(CCNc2ccnc(NC3CCCC3)n2)cc1. The average molecular weight is 300 g/mol. The maximum absolute atomic E-state index is 12.8. The van der Waals surface area contributed by atoms with E-state index in [9.17, 15) is 4.39 Å². The molecule has 116 valence electrons. The van der Waals surface area contributed by atoms with Crippen molar-refractivity contribution in [2.24, 2.45) is 0 Å². The van der Waals surface area contributed by atoms with Gasteiger partial charge in [0.15, 0.2) is 0 Å². The Hall–Kier alpha value is -2.17. The molecule has 0 bridgehead atoms. The second kappa shape index (κ2) is 7.20. The summed E-state index contributed by atoms with van der Waals surface area (Å²) in [5, 5.41) is 6.68. The molecule has 4 nitrogen and oxygen atoms in total. The Bertz CT molecular complexity index is 594. The van der Waals surface area contributed by atoms with Crippen molar-refractivity contribution in [1.82, 2.24) is 9.97 Å². The molecule has 5 heteroatoms. The summed E-state index contributed by atoms with van der Waals surface area (Å²) in [5.74, 6) is 1.31. The molecule has 0 radical (unpaired) electrons. The quantitative estimate of drug-likeness (QED) is 0.855. The van der Waals surface area contributed by atoms with Crippen LogP contribution in [0.4, 0.5) is 16.2 Å². The molecule has 0 spiro atoms. The van der Waals surface area contributed by atoms with Crippen LogP contribution < -0.4 is 10.6 Å². The molecule has 1 saturated carbocycles. The van der Waals surface area contributed by atoms with Crippen LogP contribution in [-0.2, 0) is 6.42 Å². The zero-order valence-electron chi connectivity index (χ0n) is 12.6. The van der Waals surface area contributed by atoms with E-state index >= 15 is 0 Å². The van der Waals surface area contributed by atoms with Gasteiger partial charge in [-0.2, -0.15) is 4.98 Å². The van der Waals surface area contributed by atoms with Crippen LogP contribution in [0.2, 0.25) is 0 Å². The summed E-state index contributed by atoms with van der Waals surface area (Å²) in [7, 11) is 0. The molecule has 22 heavy (non-hydrogen) atoms. The number of hydrogen-bond acceptors (Lipinski definition) is 4. The summed E-state index contributed by atoms with van der Waals surface area (Å²) >= 11 is 0. The number of halogens is 1. The van der Waals surface area contributed by atoms with Crippen LogP contribution in [0, 0.1) is 5.82 Å². The van der Waals surface area contributed by atoms with Crippen LogP contribution in [0.3, 0.4) is 0 Å². The van der Waals surface area contributed by atoms with E-state index in [-0.39, 0.29) is 5.82 Å². The van der Waals surface area contributed by atoms with E-state index in [1.54, 1.807) is 6.20 Å². The molecule has 1 aromatic carbocycles. The number of nitrogens with one attached hydrogen (secondary N) is 2. The fourth-order valence-corrected chi connectivity index (χ4v) is 2.77. The highest BCUT2D eigenvalue weighted by atomic mass is 19.1. The predicted molar refractivity (Wildman–Crippen MR) is 86.5 cm³/mol. The second-order valence-electron chi connectivity index (χ2n) is 5.69. The smallest absolute Gasteiger partial charge is 0.224 e. The van der Waals surface area contributed by atoms with Gasteiger partial charge in [-0.05, 0) is 43.0 Å². The summed E-state index contributed by atoms with van der Waals surface area (Å²) in [6.07, 6.45) is 7.57. The third-order valence-corrected chi connectivity index (χ3v) is 3.98. The van der Waals surface area contributed by atoms with Gasteiger partial charge in [0, 0.05) is 18.8 Å². The van der Waals surface area contributed by atoms with Crippen LogP contribution >= 0.6 is 0 Å². The van der Waals surface area contributed by atoms with E-state index in [0.717, 1.165) is 24.3 Å². The van der Waals surface area contributed by atoms with Crippen molar-refractivity contribution in [1.29, 1.82) is 0 Å². The lowest BCUT2D eigenvalue weighted by Gasteiger charge is -2.12. The van der Waals surface area contributed by atoms with Crippen molar-refractivity contribution in [3.63, 3.8) is 0 Å². The van der Waals surface area contributed by atoms with Crippen molar-refractivity contribution in [2.45, 2.75) is 38.1 Å². The van der Waals surface area contributed by atoms with Gasteiger partial charge in [0.2, 0.25) is 5.95 Å². The number of benzene rings is 1. The van der Waals surface area contributed by atoms with Gasteiger partial charge in [0.1, 0.15) is 11.6 Å². The van der Waals surface area contributed by atoms with Crippen molar-refractivity contribution >= 4 is 11.8 Å². The topological polar surface area (TPSA) is 49.8 Å². The summed E-state index contributed by atoms with van der Waals surface area (Å²) in [6.45, 7) is 0.755. The van der Waals surface area contributed by atoms with Crippen LogP contribution in [-0.4, -0.2) is 22.6 Å². The second-order valence-corrected chi connectivity index (χ2v) is 5.69. The van der Waals surface area contributed by atoms with Crippen molar-refractivity contribution in [3.05, 3.63) is 47.9 Å². The number of aromatic nitrogens is 2. The third kappa shape index (κ3) is 4.16. The maximum Gasteiger partial charge on any atom is 0.224 e. The van der Waals surface area contributed by atoms with Crippen LogP contribution in [0.1, 0.15) is 31.2 Å². The molecule has 1 fully saturated rings. The molecule has 0 saturated heterocycles. The van der Waals surface area contributed by atoms with Crippen LogP contribution in [0.15, 0.2) is 36.5 Å².